The van der Waals surface area contributed by atoms with Crippen molar-refractivity contribution in [2.45, 2.75) is 0 Å². The lowest BCUT2D eigenvalue weighted by molar-refractivity contribution is 0.0748. The molecule has 122 valence electrons. The minimum Gasteiger partial charge on any atom is -0.353 e. The molecule has 0 radical (unpaired) electrons. The van der Waals surface area contributed by atoms with E-state index < -0.39 is 0 Å². The van der Waals surface area contributed by atoms with Crippen molar-refractivity contribution in [2.24, 2.45) is 0 Å². The Balaban J connectivity index is 1.48. The van der Waals surface area contributed by atoms with Crippen molar-refractivity contribution in [3.63, 3.8) is 0 Å². The van der Waals surface area contributed by atoms with Gasteiger partial charge in [-0.05, 0) is 24.3 Å². The van der Waals surface area contributed by atoms with Crippen molar-refractivity contribution in [3.05, 3.63) is 54.1 Å². The first-order valence-corrected chi connectivity index (χ1v) is 7.80. The van der Waals surface area contributed by atoms with E-state index in [1.807, 2.05) is 23.1 Å². The Morgan fingerprint density at radius 1 is 1.08 bits per heavy atom. The Bertz CT molecular complexity index is 868. The number of amides is 1. The molecule has 0 aliphatic carbocycles. The van der Waals surface area contributed by atoms with Crippen molar-refractivity contribution in [3.8, 4) is 0 Å². The number of benzene rings is 1. The van der Waals surface area contributed by atoms with Gasteiger partial charge in [0.25, 0.3) is 5.91 Å². The first kappa shape index (κ1) is 14.6. The summed E-state index contributed by atoms with van der Waals surface area (Å²) in [5.41, 5.74) is 1.52. The Hall–Kier alpha value is -2.96. The molecule has 24 heavy (non-hydrogen) atoms. The Kier molecular flexibility index (Phi) is 3.60. The van der Waals surface area contributed by atoms with Gasteiger partial charge in [0.05, 0.1) is 23.5 Å². The molecular weight excluding hydrogens is 309 g/mol. The van der Waals surface area contributed by atoms with Crippen LogP contribution >= 0.6 is 0 Å². The van der Waals surface area contributed by atoms with Crippen LogP contribution < -0.4 is 4.90 Å². The van der Waals surface area contributed by atoms with E-state index in [1.165, 1.54) is 12.3 Å². The molecule has 0 unspecified atom stereocenters. The van der Waals surface area contributed by atoms with Gasteiger partial charge in [-0.3, -0.25) is 9.89 Å². The molecule has 1 fully saturated rings. The number of aromatic nitrogens is 3. The van der Waals surface area contributed by atoms with Crippen LogP contribution in [0.1, 0.15) is 10.4 Å². The average Bonchev–Trinajstić information content (AvgIpc) is 3.11. The summed E-state index contributed by atoms with van der Waals surface area (Å²) in [6.07, 6.45) is 2.90. The molecule has 0 bridgehead atoms. The van der Waals surface area contributed by atoms with Crippen LogP contribution in [0.25, 0.3) is 10.9 Å². The minimum absolute atomic E-state index is 0.00807. The molecule has 1 saturated heterocycles. The fourth-order valence-corrected chi connectivity index (χ4v) is 3.02. The van der Waals surface area contributed by atoms with E-state index in [9.17, 15) is 9.18 Å². The molecule has 4 rings (SSSR count). The number of fused-ring (bicyclic) bond motifs is 1. The second-order valence-electron chi connectivity index (χ2n) is 5.75. The molecule has 3 heterocycles. The van der Waals surface area contributed by atoms with Crippen LogP contribution in [-0.2, 0) is 0 Å². The van der Waals surface area contributed by atoms with Gasteiger partial charge in [-0.15, -0.1) is 0 Å². The van der Waals surface area contributed by atoms with E-state index >= 15 is 0 Å². The van der Waals surface area contributed by atoms with E-state index in [0.717, 1.165) is 16.7 Å². The number of carbonyl (C=O) groups excluding carboxylic acids is 1. The van der Waals surface area contributed by atoms with Crippen LogP contribution in [0.3, 0.4) is 0 Å². The van der Waals surface area contributed by atoms with Crippen molar-refractivity contribution < 1.29 is 9.18 Å². The Morgan fingerprint density at radius 2 is 1.92 bits per heavy atom. The molecule has 0 saturated carbocycles. The van der Waals surface area contributed by atoms with Gasteiger partial charge in [-0.25, -0.2) is 9.37 Å². The minimum atomic E-state index is -0.347. The van der Waals surface area contributed by atoms with Crippen molar-refractivity contribution in [2.75, 3.05) is 31.1 Å². The third kappa shape index (κ3) is 2.58. The predicted octanol–water partition coefficient (Wildman–Crippen LogP) is 2.06. The van der Waals surface area contributed by atoms with E-state index in [1.54, 1.807) is 12.3 Å². The number of carbonyl (C=O) groups is 1. The highest BCUT2D eigenvalue weighted by molar-refractivity contribution is 6.06. The number of piperazine rings is 1. The summed E-state index contributed by atoms with van der Waals surface area (Å²) in [7, 11) is 0. The van der Waals surface area contributed by atoms with E-state index in [2.05, 4.69) is 20.1 Å². The number of rotatable bonds is 2. The zero-order valence-electron chi connectivity index (χ0n) is 12.9. The van der Waals surface area contributed by atoms with Gasteiger partial charge in [0.2, 0.25) is 0 Å². The second-order valence-corrected chi connectivity index (χ2v) is 5.75. The fraction of sp³-hybridized carbons (Fsp3) is 0.235. The van der Waals surface area contributed by atoms with Crippen LogP contribution in [-0.4, -0.2) is 52.2 Å². The first-order chi connectivity index (χ1) is 11.7. The maximum Gasteiger partial charge on any atom is 0.254 e. The smallest absolute Gasteiger partial charge is 0.254 e. The maximum absolute atomic E-state index is 13.0. The van der Waals surface area contributed by atoms with Gasteiger partial charge < -0.3 is 9.80 Å². The Morgan fingerprint density at radius 3 is 2.67 bits per heavy atom. The van der Waals surface area contributed by atoms with E-state index in [0.29, 0.717) is 31.7 Å². The van der Waals surface area contributed by atoms with Gasteiger partial charge in [-0.1, -0.05) is 6.07 Å². The quantitative estimate of drug-likeness (QED) is 0.783. The summed E-state index contributed by atoms with van der Waals surface area (Å²) in [4.78, 5) is 20.8. The summed E-state index contributed by atoms with van der Waals surface area (Å²) in [6.45, 7) is 2.55. The molecule has 7 heteroatoms. The summed E-state index contributed by atoms with van der Waals surface area (Å²) in [5.74, 6) is 0.398. The molecule has 1 N–H and O–H groups in total. The first-order valence-electron chi connectivity index (χ1n) is 7.80. The van der Waals surface area contributed by atoms with E-state index in [-0.39, 0.29) is 11.7 Å². The van der Waals surface area contributed by atoms with Crippen molar-refractivity contribution in [1.29, 1.82) is 0 Å². The maximum atomic E-state index is 13.0. The second kappa shape index (κ2) is 5.92. The summed E-state index contributed by atoms with van der Waals surface area (Å²) < 4.78 is 13.0. The third-order valence-corrected chi connectivity index (χ3v) is 4.32. The molecule has 1 aliphatic rings. The number of hydrogen-bond donors (Lipinski definition) is 1. The van der Waals surface area contributed by atoms with Gasteiger partial charge >= 0.3 is 0 Å². The molecule has 1 amide bonds. The molecule has 3 aromatic rings. The lowest BCUT2D eigenvalue weighted by Crippen LogP contribution is -2.49. The molecule has 0 atom stereocenters. The Labute approximate surface area is 137 Å². The number of H-pyrrole nitrogens is 1. The number of nitrogens with one attached hydrogen (secondary N) is 1. The number of pyridine rings is 1. The molecule has 6 nitrogen and oxygen atoms in total. The van der Waals surface area contributed by atoms with Crippen LogP contribution in [0, 0.1) is 5.82 Å². The average molecular weight is 325 g/mol. The molecule has 1 aromatic carbocycles. The number of aromatic amines is 1. The van der Waals surface area contributed by atoms with Crippen LogP contribution in [0.2, 0.25) is 0 Å². The van der Waals surface area contributed by atoms with Gasteiger partial charge in [0.15, 0.2) is 0 Å². The van der Waals surface area contributed by atoms with Crippen molar-refractivity contribution >= 4 is 22.6 Å². The highest BCUT2D eigenvalue weighted by Crippen LogP contribution is 2.20. The zero-order valence-corrected chi connectivity index (χ0v) is 12.9. The predicted molar refractivity (Wildman–Crippen MR) is 88.4 cm³/mol. The third-order valence-electron chi connectivity index (χ3n) is 4.32. The summed E-state index contributed by atoms with van der Waals surface area (Å²) in [6, 6.07) is 8.65. The topological polar surface area (TPSA) is 65.1 Å². The summed E-state index contributed by atoms with van der Waals surface area (Å²) >= 11 is 0. The zero-order chi connectivity index (χ0) is 16.5. The van der Waals surface area contributed by atoms with E-state index in [4.69, 9.17) is 0 Å². The van der Waals surface area contributed by atoms with Gasteiger partial charge in [0.1, 0.15) is 11.6 Å². The highest BCUT2D eigenvalue weighted by atomic mass is 19.1. The molecule has 1 aliphatic heterocycles. The molecule has 2 aromatic heterocycles. The molecule has 0 spiro atoms. The number of nitrogens with zero attached hydrogens (tertiary/aromatic N) is 4. The highest BCUT2D eigenvalue weighted by Gasteiger charge is 2.24. The lowest BCUT2D eigenvalue weighted by Gasteiger charge is -2.35. The van der Waals surface area contributed by atoms with Crippen LogP contribution in [0.4, 0.5) is 10.2 Å². The van der Waals surface area contributed by atoms with Gasteiger partial charge in [-0.2, -0.15) is 5.10 Å². The van der Waals surface area contributed by atoms with Crippen LogP contribution in [0.15, 0.2) is 42.7 Å². The summed E-state index contributed by atoms with van der Waals surface area (Å²) in [5, 5.41) is 7.73. The fourth-order valence-electron chi connectivity index (χ4n) is 3.02. The number of anilines is 1. The number of halogens is 1. The van der Waals surface area contributed by atoms with Crippen molar-refractivity contribution in [1.82, 2.24) is 20.1 Å². The van der Waals surface area contributed by atoms with Crippen LogP contribution in [0.5, 0.6) is 0 Å². The SMILES string of the molecule is O=C(c1cccc2[nH]ncc12)N1CCN(c2ccc(F)cn2)CC1. The lowest BCUT2D eigenvalue weighted by atomic mass is 10.1. The standard InChI is InChI=1S/C17H16FN5O/c18-12-4-5-16(19-10-12)22-6-8-23(9-7-22)17(24)13-2-1-3-15-14(13)11-20-21-15/h1-5,10-11H,6-9H2,(H,20,21). The monoisotopic (exact) mass is 325 g/mol. The van der Waals surface area contributed by atoms with Gasteiger partial charge in [0, 0.05) is 31.6 Å². The number of hydrogen-bond acceptors (Lipinski definition) is 4. The largest absolute Gasteiger partial charge is 0.353 e. The normalized spacial score (nSPS) is 15.0. The molecular formula is C17H16FN5O.